The molecule has 0 spiro atoms. The van der Waals surface area contributed by atoms with E-state index in [1.165, 1.54) is 0 Å². The van der Waals surface area contributed by atoms with Crippen LogP contribution in [0.5, 0.6) is 5.75 Å². The van der Waals surface area contributed by atoms with Crippen LogP contribution >= 0.6 is 10.2 Å². The number of esters is 1. The Morgan fingerprint density at radius 2 is 1.71 bits per heavy atom. The Bertz CT molecular complexity index is 635. The maximum atomic E-state index is 13.5. The monoisotopic (exact) mass is 376 g/mol. The Kier molecular flexibility index (Phi) is 4.40. The van der Waals surface area contributed by atoms with Crippen molar-refractivity contribution in [3.8, 4) is 5.75 Å². The van der Waals surface area contributed by atoms with E-state index in [0.717, 1.165) is 19.3 Å². The topological polar surface area (TPSA) is 26.3 Å². The van der Waals surface area contributed by atoms with E-state index in [9.17, 15) is 28.6 Å². The first-order valence-electron chi connectivity index (χ1n) is 7.55. The lowest BCUT2D eigenvalue weighted by molar-refractivity contribution is -0.140. The van der Waals surface area contributed by atoms with Crippen molar-refractivity contribution in [1.29, 1.82) is 0 Å². The Morgan fingerprint density at radius 3 is 2.17 bits per heavy atom. The van der Waals surface area contributed by atoms with E-state index in [-0.39, 0.29) is 12.1 Å². The van der Waals surface area contributed by atoms with Crippen molar-refractivity contribution >= 4 is 16.2 Å². The summed E-state index contributed by atoms with van der Waals surface area (Å²) in [6.07, 6.45) is 3.86. The molecule has 0 N–H and O–H groups in total. The van der Waals surface area contributed by atoms with Crippen molar-refractivity contribution in [2.45, 2.75) is 43.9 Å². The summed E-state index contributed by atoms with van der Waals surface area (Å²) in [5.41, 5.74) is 0. The number of benzene rings is 1. The highest BCUT2D eigenvalue weighted by Gasteiger charge is 2.67. The van der Waals surface area contributed by atoms with E-state index in [1.807, 2.05) is 6.92 Å². The van der Waals surface area contributed by atoms with Crippen molar-refractivity contribution in [1.82, 2.24) is 0 Å². The van der Waals surface area contributed by atoms with Crippen LogP contribution in [-0.4, -0.2) is 5.97 Å². The van der Waals surface area contributed by atoms with Crippen LogP contribution in [0, 0.1) is 17.7 Å². The summed E-state index contributed by atoms with van der Waals surface area (Å²) in [4.78, 5) is 9.36. The van der Waals surface area contributed by atoms with Crippen LogP contribution in [0.2, 0.25) is 0 Å². The van der Waals surface area contributed by atoms with Gasteiger partial charge < -0.3 is 4.74 Å². The smallest absolute Gasteiger partial charge is 0.314 e. The number of hydrogen-bond acceptors (Lipinski definition) is 2. The second kappa shape index (κ2) is 5.57. The highest BCUT2D eigenvalue weighted by atomic mass is 32.5. The lowest BCUT2D eigenvalue weighted by Gasteiger charge is -2.40. The molecule has 2 nitrogen and oxygen atoms in total. The molecular formula is C15H18F6O2S. The van der Waals surface area contributed by atoms with Gasteiger partial charge in [-0.15, -0.1) is 0 Å². The lowest BCUT2D eigenvalue weighted by atomic mass is 9.81. The van der Waals surface area contributed by atoms with E-state index >= 15 is 0 Å². The summed E-state index contributed by atoms with van der Waals surface area (Å²) < 4.78 is 81.4. The molecule has 0 radical (unpaired) electrons. The van der Waals surface area contributed by atoms with Crippen molar-refractivity contribution in [2.24, 2.45) is 11.8 Å². The maximum Gasteiger partial charge on any atom is 0.314 e. The van der Waals surface area contributed by atoms with E-state index in [4.69, 9.17) is 4.74 Å². The quantitative estimate of drug-likeness (QED) is 0.336. The van der Waals surface area contributed by atoms with Gasteiger partial charge >= 0.3 is 16.2 Å². The number of ether oxygens (including phenoxy) is 1. The highest BCUT2D eigenvalue weighted by molar-refractivity contribution is 8.45. The molecule has 1 aromatic carbocycles. The van der Waals surface area contributed by atoms with E-state index in [2.05, 4.69) is 0 Å². The van der Waals surface area contributed by atoms with Crippen molar-refractivity contribution in [2.75, 3.05) is 0 Å². The molecule has 0 heterocycles. The molecule has 0 bridgehead atoms. The SMILES string of the molecule is CC[C@H]1CC[C@H](C(=O)Oc2ccc(S(F)(F)(F)(F)F)c(F)c2)CC1. The first-order chi connectivity index (χ1) is 10.8. The molecule has 1 aliphatic carbocycles. The molecule has 1 saturated carbocycles. The first-order valence-corrected chi connectivity index (χ1v) is 9.50. The van der Waals surface area contributed by atoms with Gasteiger partial charge in [-0.25, -0.2) is 4.39 Å². The second-order valence-corrected chi connectivity index (χ2v) is 8.49. The van der Waals surface area contributed by atoms with Crippen LogP contribution in [0.25, 0.3) is 0 Å². The molecule has 9 heteroatoms. The van der Waals surface area contributed by atoms with Crippen LogP contribution in [0.15, 0.2) is 23.1 Å². The van der Waals surface area contributed by atoms with E-state index in [0.29, 0.717) is 24.8 Å². The summed E-state index contributed by atoms with van der Waals surface area (Å²) in [5, 5.41) is 0. The Labute approximate surface area is 135 Å². The number of carbonyl (C=O) groups is 1. The van der Waals surface area contributed by atoms with Crippen molar-refractivity contribution < 1.29 is 33.4 Å². The molecular weight excluding hydrogens is 358 g/mol. The average Bonchev–Trinajstić information content (AvgIpc) is 2.44. The number of carbonyl (C=O) groups excluding carboxylic acids is 1. The number of rotatable bonds is 4. The van der Waals surface area contributed by atoms with Gasteiger partial charge in [0.2, 0.25) is 0 Å². The standard InChI is InChI=1S/C15H18F6O2S/c1-2-10-3-5-11(6-4-10)15(22)23-12-7-8-14(13(16)9-12)24(17,18,19,20)21/h7-11H,2-6H2,1H3/t10-,11-. The molecule has 2 rings (SSSR count). The van der Waals surface area contributed by atoms with E-state index < -0.39 is 38.6 Å². The van der Waals surface area contributed by atoms with Gasteiger partial charge in [0.15, 0.2) is 0 Å². The van der Waals surface area contributed by atoms with Gasteiger partial charge in [0.05, 0.1) is 5.92 Å². The first kappa shape index (κ1) is 19.0. The third-order valence-electron chi connectivity index (χ3n) is 4.29. The average molecular weight is 376 g/mol. The minimum absolute atomic E-state index is 0.0898. The van der Waals surface area contributed by atoms with Crippen molar-refractivity contribution in [3.05, 3.63) is 24.0 Å². The molecule has 0 atom stereocenters. The molecule has 1 aromatic rings. The van der Waals surface area contributed by atoms with Crippen molar-refractivity contribution in [3.63, 3.8) is 0 Å². The predicted octanol–water partition coefficient (Wildman–Crippen LogP) is 6.60. The third kappa shape index (κ3) is 4.58. The molecule has 0 amide bonds. The zero-order valence-corrected chi connectivity index (χ0v) is 13.7. The zero-order chi connectivity index (χ0) is 18.2. The molecule has 1 fully saturated rings. The van der Waals surface area contributed by atoms with Crippen LogP contribution in [-0.2, 0) is 4.79 Å². The van der Waals surface area contributed by atoms with Gasteiger partial charge in [-0.2, -0.15) is 0 Å². The van der Waals surface area contributed by atoms with E-state index in [1.54, 1.807) is 0 Å². The molecule has 0 unspecified atom stereocenters. The Morgan fingerprint density at radius 1 is 1.12 bits per heavy atom. The highest BCUT2D eigenvalue weighted by Crippen LogP contribution is 3.02. The minimum Gasteiger partial charge on any atom is -0.426 e. The fraction of sp³-hybridized carbons (Fsp3) is 0.533. The Hall–Kier alpha value is -1.38. The van der Waals surface area contributed by atoms with Crippen LogP contribution in [0.1, 0.15) is 39.0 Å². The predicted molar refractivity (Wildman–Crippen MR) is 79.2 cm³/mol. The van der Waals surface area contributed by atoms with Gasteiger partial charge in [0.25, 0.3) is 0 Å². The Balaban J connectivity index is 2.10. The van der Waals surface area contributed by atoms with Gasteiger partial charge in [0.1, 0.15) is 16.5 Å². The number of hydrogen-bond donors (Lipinski definition) is 0. The number of halogens is 6. The fourth-order valence-corrected chi connectivity index (χ4v) is 3.62. The maximum absolute atomic E-state index is 13.5. The third-order valence-corrected chi connectivity index (χ3v) is 5.46. The normalized spacial score (nSPS) is 24.8. The minimum atomic E-state index is -10.1. The molecule has 0 aromatic heterocycles. The van der Waals surface area contributed by atoms with Crippen LogP contribution in [0.4, 0.5) is 23.8 Å². The molecule has 0 saturated heterocycles. The lowest BCUT2D eigenvalue weighted by Crippen LogP contribution is -2.25. The van der Waals surface area contributed by atoms with Gasteiger partial charge in [0, 0.05) is 6.07 Å². The molecule has 1 aliphatic rings. The summed E-state index contributed by atoms with van der Waals surface area (Å²) in [5.74, 6) is -3.23. The van der Waals surface area contributed by atoms with Crippen LogP contribution in [0.3, 0.4) is 0 Å². The molecule has 0 aliphatic heterocycles. The molecule has 24 heavy (non-hydrogen) atoms. The second-order valence-electron chi connectivity index (χ2n) is 6.11. The van der Waals surface area contributed by atoms with Gasteiger partial charge in [-0.1, -0.05) is 32.8 Å². The van der Waals surface area contributed by atoms with Gasteiger partial charge in [-0.3, -0.25) is 4.79 Å². The molecule has 138 valence electrons. The summed E-state index contributed by atoms with van der Waals surface area (Å²) in [6.45, 7) is 2.05. The van der Waals surface area contributed by atoms with Gasteiger partial charge in [-0.05, 0) is 43.7 Å². The fourth-order valence-electron chi connectivity index (χ4n) is 2.86. The van der Waals surface area contributed by atoms with Crippen LogP contribution < -0.4 is 4.74 Å². The largest absolute Gasteiger partial charge is 0.426 e. The summed E-state index contributed by atoms with van der Waals surface area (Å²) in [6, 6.07) is 0.613. The zero-order valence-electron chi connectivity index (χ0n) is 12.9. The summed E-state index contributed by atoms with van der Waals surface area (Å²) in [7, 11) is -10.1. The summed E-state index contributed by atoms with van der Waals surface area (Å²) >= 11 is 0.